The molecule has 0 saturated carbocycles. The maximum atomic E-state index is 10.7. The van der Waals surface area contributed by atoms with Gasteiger partial charge in [-0.05, 0) is 52.2 Å². The van der Waals surface area contributed by atoms with Crippen LogP contribution < -0.4 is 0 Å². The second-order valence-electron chi connectivity index (χ2n) is 6.58. The number of benzene rings is 1. The lowest BCUT2D eigenvalue weighted by atomic mass is 9.79. The Hall–Kier alpha value is -0.860. The van der Waals surface area contributed by atoms with Crippen LogP contribution in [0.5, 0.6) is 0 Å². The molecule has 1 N–H and O–H groups in total. The quantitative estimate of drug-likeness (QED) is 0.866. The Bertz CT molecular complexity index is 434. The van der Waals surface area contributed by atoms with E-state index in [2.05, 4.69) is 27.7 Å². The molecule has 100 valence electrons. The number of hydrogen-bond acceptors (Lipinski definition) is 2. The van der Waals surface area contributed by atoms with Crippen LogP contribution >= 0.6 is 0 Å². The first kappa shape index (κ1) is 13.6. The van der Waals surface area contributed by atoms with E-state index in [1.807, 2.05) is 31.2 Å². The number of aryl methyl sites for hydroxylation is 1. The molecule has 2 heteroatoms. The third kappa shape index (κ3) is 2.45. The van der Waals surface area contributed by atoms with Gasteiger partial charge in [0.1, 0.15) is 0 Å². The fourth-order valence-electron chi connectivity index (χ4n) is 3.23. The normalized spacial score (nSPS) is 27.1. The third-order valence-corrected chi connectivity index (χ3v) is 4.03. The summed E-state index contributed by atoms with van der Waals surface area (Å²) in [5.74, 6) is 0.133. The minimum absolute atomic E-state index is 0.133. The zero-order valence-corrected chi connectivity index (χ0v) is 12.0. The molecule has 0 spiro atoms. The number of aliphatic hydroxyl groups is 1. The van der Waals surface area contributed by atoms with E-state index in [-0.39, 0.29) is 17.1 Å². The van der Waals surface area contributed by atoms with Crippen LogP contribution in [0.1, 0.15) is 51.3 Å². The Kier molecular flexibility index (Phi) is 3.28. The summed E-state index contributed by atoms with van der Waals surface area (Å²) >= 11 is 0. The van der Waals surface area contributed by atoms with Crippen molar-refractivity contribution in [2.45, 2.75) is 58.3 Å². The molecule has 1 fully saturated rings. The lowest BCUT2D eigenvalue weighted by Gasteiger charge is -2.31. The Morgan fingerprint density at radius 2 is 1.83 bits per heavy atom. The number of rotatable bonds is 2. The molecule has 0 amide bonds. The molecule has 0 aromatic heterocycles. The molecule has 1 aromatic carbocycles. The van der Waals surface area contributed by atoms with Gasteiger partial charge in [-0.1, -0.05) is 24.3 Å². The lowest BCUT2D eigenvalue weighted by molar-refractivity contribution is -0.0880. The van der Waals surface area contributed by atoms with Gasteiger partial charge < -0.3 is 9.84 Å². The molecule has 1 saturated heterocycles. The average molecular weight is 248 g/mol. The molecule has 0 aliphatic carbocycles. The van der Waals surface area contributed by atoms with Gasteiger partial charge in [-0.15, -0.1) is 0 Å². The monoisotopic (exact) mass is 248 g/mol. The summed E-state index contributed by atoms with van der Waals surface area (Å²) in [6.07, 6.45) is 0.429. The van der Waals surface area contributed by atoms with E-state index in [1.165, 1.54) is 0 Å². The Balaban J connectivity index is 2.30. The number of aliphatic hydroxyl groups excluding tert-OH is 1. The van der Waals surface area contributed by atoms with Crippen LogP contribution in [0.4, 0.5) is 0 Å². The summed E-state index contributed by atoms with van der Waals surface area (Å²) in [5.41, 5.74) is 1.73. The highest BCUT2D eigenvalue weighted by atomic mass is 16.5. The molecular formula is C16H24O2. The van der Waals surface area contributed by atoms with Crippen LogP contribution in [0.2, 0.25) is 0 Å². The summed E-state index contributed by atoms with van der Waals surface area (Å²) < 4.78 is 6.07. The lowest BCUT2D eigenvalue weighted by Crippen LogP contribution is -2.32. The molecule has 2 rings (SSSR count). The number of hydrogen-bond donors (Lipinski definition) is 1. The Morgan fingerprint density at radius 3 is 2.33 bits per heavy atom. The maximum absolute atomic E-state index is 10.7. The molecular weight excluding hydrogens is 224 g/mol. The van der Waals surface area contributed by atoms with Gasteiger partial charge >= 0.3 is 0 Å². The van der Waals surface area contributed by atoms with E-state index in [4.69, 9.17) is 4.74 Å². The van der Waals surface area contributed by atoms with Crippen LogP contribution in [-0.2, 0) is 4.74 Å². The Morgan fingerprint density at radius 1 is 1.22 bits per heavy atom. The van der Waals surface area contributed by atoms with E-state index in [0.717, 1.165) is 17.5 Å². The Labute approximate surface area is 110 Å². The fraction of sp³-hybridized carbons (Fsp3) is 0.625. The van der Waals surface area contributed by atoms with Crippen molar-refractivity contribution in [1.29, 1.82) is 0 Å². The van der Waals surface area contributed by atoms with Gasteiger partial charge in [0, 0.05) is 5.92 Å². The minimum Gasteiger partial charge on any atom is -0.388 e. The van der Waals surface area contributed by atoms with Gasteiger partial charge in [-0.25, -0.2) is 0 Å². The van der Waals surface area contributed by atoms with Crippen LogP contribution in [-0.4, -0.2) is 16.3 Å². The minimum atomic E-state index is -0.456. The van der Waals surface area contributed by atoms with Crippen molar-refractivity contribution < 1.29 is 9.84 Å². The first-order valence-corrected chi connectivity index (χ1v) is 6.67. The van der Waals surface area contributed by atoms with Crippen molar-refractivity contribution >= 4 is 0 Å². The predicted molar refractivity (Wildman–Crippen MR) is 73.5 cm³/mol. The largest absolute Gasteiger partial charge is 0.388 e. The molecule has 0 radical (unpaired) electrons. The molecule has 2 unspecified atom stereocenters. The molecule has 1 aliphatic rings. The van der Waals surface area contributed by atoms with Gasteiger partial charge in [0.25, 0.3) is 0 Å². The van der Waals surface area contributed by atoms with Crippen molar-refractivity contribution in [1.82, 2.24) is 0 Å². The van der Waals surface area contributed by atoms with E-state index in [0.29, 0.717) is 0 Å². The molecule has 1 aliphatic heterocycles. The molecule has 2 nitrogen and oxygen atoms in total. The van der Waals surface area contributed by atoms with Gasteiger partial charge in [-0.3, -0.25) is 0 Å². The van der Waals surface area contributed by atoms with Gasteiger partial charge in [0.2, 0.25) is 0 Å². The standard InChI is InChI=1S/C16H24O2/c1-11-8-6-7-9-12(11)14(17)13-10-15(2,3)18-16(13,4)5/h6-9,13-14,17H,10H2,1-5H3. The van der Waals surface area contributed by atoms with Crippen LogP contribution in [0.3, 0.4) is 0 Å². The van der Waals surface area contributed by atoms with Crippen LogP contribution in [0, 0.1) is 12.8 Å². The first-order valence-electron chi connectivity index (χ1n) is 6.67. The van der Waals surface area contributed by atoms with Gasteiger partial charge in [0.05, 0.1) is 17.3 Å². The second-order valence-corrected chi connectivity index (χ2v) is 6.58. The van der Waals surface area contributed by atoms with Crippen molar-refractivity contribution in [2.75, 3.05) is 0 Å². The molecule has 0 bridgehead atoms. The third-order valence-electron chi connectivity index (χ3n) is 4.03. The van der Waals surface area contributed by atoms with Gasteiger partial charge in [0.15, 0.2) is 0 Å². The average Bonchev–Trinajstić information content (AvgIpc) is 2.46. The molecule has 1 aromatic rings. The highest BCUT2D eigenvalue weighted by molar-refractivity contribution is 5.29. The summed E-state index contributed by atoms with van der Waals surface area (Å²) in [6, 6.07) is 8.05. The zero-order chi connectivity index (χ0) is 13.6. The van der Waals surface area contributed by atoms with Crippen LogP contribution in [0.25, 0.3) is 0 Å². The van der Waals surface area contributed by atoms with E-state index < -0.39 is 6.10 Å². The zero-order valence-electron chi connectivity index (χ0n) is 12.0. The van der Waals surface area contributed by atoms with E-state index in [9.17, 15) is 5.11 Å². The van der Waals surface area contributed by atoms with E-state index >= 15 is 0 Å². The first-order chi connectivity index (χ1) is 8.23. The van der Waals surface area contributed by atoms with Gasteiger partial charge in [-0.2, -0.15) is 0 Å². The molecule has 18 heavy (non-hydrogen) atoms. The van der Waals surface area contributed by atoms with Crippen molar-refractivity contribution in [3.8, 4) is 0 Å². The fourth-order valence-corrected chi connectivity index (χ4v) is 3.23. The van der Waals surface area contributed by atoms with E-state index in [1.54, 1.807) is 0 Å². The highest BCUT2D eigenvalue weighted by Crippen LogP contribution is 2.47. The van der Waals surface area contributed by atoms with Crippen molar-refractivity contribution in [2.24, 2.45) is 5.92 Å². The summed E-state index contributed by atoms with van der Waals surface area (Å²) in [5, 5.41) is 10.7. The molecule has 1 heterocycles. The highest BCUT2D eigenvalue weighted by Gasteiger charge is 2.49. The predicted octanol–water partition coefficient (Wildman–Crippen LogP) is 3.62. The number of ether oxygens (including phenoxy) is 1. The second kappa shape index (κ2) is 4.36. The van der Waals surface area contributed by atoms with Crippen LogP contribution in [0.15, 0.2) is 24.3 Å². The smallest absolute Gasteiger partial charge is 0.0849 e. The van der Waals surface area contributed by atoms with Crippen molar-refractivity contribution in [3.63, 3.8) is 0 Å². The maximum Gasteiger partial charge on any atom is 0.0849 e. The summed E-state index contributed by atoms with van der Waals surface area (Å²) in [4.78, 5) is 0. The summed E-state index contributed by atoms with van der Waals surface area (Å²) in [6.45, 7) is 10.4. The van der Waals surface area contributed by atoms with Crippen molar-refractivity contribution in [3.05, 3.63) is 35.4 Å². The molecule has 2 atom stereocenters. The topological polar surface area (TPSA) is 29.5 Å². The SMILES string of the molecule is Cc1ccccc1C(O)C1CC(C)(C)OC1(C)C. The summed E-state index contributed by atoms with van der Waals surface area (Å²) in [7, 11) is 0.